The van der Waals surface area contributed by atoms with Gasteiger partial charge in [-0.05, 0) is 44.9 Å². The summed E-state index contributed by atoms with van der Waals surface area (Å²) in [5, 5.41) is 6.33. The fourth-order valence-corrected chi connectivity index (χ4v) is 2.58. The molecule has 0 spiro atoms. The van der Waals surface area contributed by atoms with Crippen molar-refractivity contribution in [3.63, 3.8) is 0 Å². The van der Waals surface area contributed by atoms with Gasteiger partial charge in [-0.3, -0.25) is 4.79 Å². The maximum absolute atomic E-state index is 11.7. The minimum Gasteiger partial charge on any atom is -0.355 e. The Balaban J connectivity index is 2.38. The molecule has 100 valence electrons. The fraction of sp³-hybridized carbons (Fsp3) is 0.929. The van der Waals surface area contributed by atoms with Crippen LogP contribution in [-0.4, -0.2) is 24.5 Å². The first-order valence-electron chi connectivity index (χ1n) is 6.98. The minimum atomic E-state index is -0.0684. The summed E-state index contributed by atoms with van der Waals surface area (Å²) >= 11 is 0. The van der Waals surface area contributed by atoms with Crippen molar-refractivity contribution in [2.24, 2.45) is 5.41 Å². The maximum Gasteiger partial charge on any atom is 0.236 e. The molecule has 1 amide bonds. The second kappa shape index (κ2) is 6.39. The molecule has 0 aliphatic heterocycles. The molecule has 3 heteroatoms. The third-order valence-corrected chi connectivity index (χ3v) is 3.81. The highest BCUT2D eigenvalue weighted by Gasteiger charge is 2.25. The first kappa shape index (κ1) is 14.5. The number of amides is 1. The summed E-state index contributed by atoms with van der Waals surface area (Å²) in [5.41, 5.74) is 0.478. The van der Waals surface area contributed by atoms with Crippen molar-refractivity contribution in [2.75, 3.05) is 6.54 Å². The van der Waals surface area contributed by atoms with Crippen molar-refractivity contribution in [3.05, 3.63) is 0 Å². The SMILES string of the molecule is CCNC(=O)C(C)NC1CCCC(C)(C)CC1. The van der Waals surface area contributed by atoms with Crippen LogP contribution in [0.2, 0.25) is 0 Å². The predicted molar refractivity (Wildman–Crippen MR) is 71.9 cm³/mol. The lowest BCUT2D eigenvalue weighted by atomic mass is 9.85. The number of hydrogen-bond acceptors (Lipinski definition) is 2. The van der Waals surface area contributed by atoms with Gasteiger partial charge in [0.2, 0.25) is 5.91 Å². The summed E-state index contributed by atoms with van der Waals surface area (Å²) in [6, 6.07) is 0.440. The Labute approximate surface area is 106 Å². The van der Waals surface area contributed by atoms with Crippen molar-refractivity contribution in [1.82, 2.24) is 10.6 Å². The van der Waals surface area contributed by atoms with Gasteiger partial charge in [-0.1, -0.05) is 20.3 Å². The van der Waals surface area contributed by atoms with E-state index < -0.39 is 0 Å². The second-order valence-corrected chi connectivity index (χ2v) is 6.07. The molecule has 1 rings (SSSR count). The average Bonchev–Trinajstić information content (AvgIpc) is 2.41. The lowest BCUT2D eigenvalue weighted by Gasteiger charge is -2.23. The van der Waals surface area contributed by atoms with Crippen LogP contribution in [0.5, 0.6) is 0 Å². The van der Waals surface area contributed by atoms with E-state index in [9.17, 15) is 4.79 Å². The molecular formula is C14H28N2O. The Morgan fingerprint density at radius 1 is 1.35 bits per heavy atom. The molecule has 2 unspecified atom stereocenters. The standard InChI is InChI=1S/C14H28N2O/c1-5-15-13(17)11(2)16-12-7-6-9-14(3,4)10-8-12/h11-12,16H,5-10H2,1-4H3,(H,15,17). The highest BCUT2D eigenvalue weighted by atomic mass is 16.2. The Morgan fingerprint density at radius 2 is 2.06 bits per heavy atom. The van der Waals surface area contributed by atoms with E-state index in [1.807, 2.05) is 13.8 Å². The largest absolute Gasteiger partial charge is 0.355 e. The number of hydrogen-bond donors (Lipinski definition) is 2. The normalized spacial score (nSPS) is 26.0. The van der Waals surface area contributed by atoms with Gasteiger partial charge in [0, 0.05) is 12.6 Å². The zero-order valence-electron chi connectivity index (χ0n) is 11.8. The average molecular weight is 240 g/mol. The molecule has 2 N–H and O–H groups in total. The Morgan fingerprint density at radius 3 is 2.71 bits per heavy atom. The third-order valence-electron chi connectivity index (χ3n) is 3.81. The van der Waals surface area contributed by atoms with Crippen LogP contribution in [-0.2, 0) is 4.79 Å². The molecule has 0 heterocycles. The van der Waals surface area contributed by atoms with E-state index in [4.69, 9.17) is 0 Å². The molecule has 1 fully saturated rings. The van der Waals surface area contributed by atoms with Crippen molar-refractivity contribution in [3.8, 4) is 0 Å². The molecule has 0 aromatic heterocycles. The second-order valence-electron chi connectivity index (χ2n) is 6.07. The lowest BCUT2D eigenvalue weighted by molar-refractivity contribution is -0.122. The van der Waals surface area contributed by atoms with E-state index in [1.54, 1.807) is 0 Å². The molecule has 17 heavy (non-hydrogen) atoms. The van der Waals surface area contributed by atoms with E-state index in [0.29, 0.717) is 18.0 Å². The van der Waals surface area contributed by atoms with Gasteiger partial charge in [0.05, 0.1) is 6.04 Å². The molecule has 3 nitrogen and oxygen atoms in total. The van der Waals surface area contributed by atoms with Crippen LogP contribution in [0.3, 0.4) is 0 Å². The van der Waals surface area contributed by atoms with Crippen LogP contribution in [0.15, 0.2) is 0 Å². The summed E-state index contributed by atoms with van der Waals surface area (Å²) in [6.07, 6.45) is 6.23. The smallest absolute Gasteiger partial charge is 0.236 e. The molecule has 2 atom stereocenters. The zero-order valence-corrected chi connectivity index (χ0v) is 11.8. The van der Waals surface area contributed by atoms with Gasteiger partial charge in [-0.25, -0.2) is 0 Å². The highest BCUT2D eigenvalue weighted by molar-refractivity contribution is 5.81. The van der Waals surface area contributed by atoms with Crippen molar-refractivity contribution in [1.29, 1.82) is 0 Å². The van der Waals surface area contributed by atoms with Crippen LogP contribution in [0.25, 0.3) is 0 Å². The quantitative estimate of drug-likeness (QED) is 0.741. The molecule has 1 saturated carbocycles. The first-order chi connectivity index (χ1) is 7.94. The van der Waals surface area contributed by atoms with Gasteiger partial charge in [0.1, 0.15) is 0 Å². The van der Waals surface area contributed by atoms with Crippen LogP contribution in [0.4, 0.5) is 0 Å². The van der Waals surface area contributed by atoms with E-state index in [0.717, 1.165) is 0 Å². The molecule has 0 saturated heterocycles. The van der Waals surface area contributed by atoms with Crippen LogP contribution in [0, 0.1) is 5.41 Å². The lowest BCUT2D eigenvalue weighted by Crippen LogP contribution is -2.46. The molecule has 1 aliphatic carbocycles. The maximum atomic E-state index is 11.7. The molecule has 1 aliphatic rings. The summed E-state index contributed by atoms with van der Waals surface area (Å²) in [4.78, 5) is 11.7. The number of likely N-dealkylation sites (N-methyl/N-ethyl adjacent to an activating group) is 1. The van der Waals surface area contributed by atoms with Crippen LogP contribution in [0.1, 0.15) is 59.8 Å². The van der Waals surface area contributed by atoms with E-state index >= 15 is 0 Å². The van der Waals surface area contributed by atoms with Crippen molar-refractivity contribution in [2.45, 2.75) is 71.9 Å². The van der Waals surface area contributed by atoms with Gasteiger partial charge < -0.3 is 10.6 Å². The first-order valence-corrected chi connectivity index (χ1v) is 6.98. The van der Waals surface area contributed by atoms with Gasteiger partial charge in [0.25, 0.3) is 0 Å². The summed E-state index contributed by atoms with van der Waals surface area (Å²) < 4.78 is 0. The highest BCUT2D eigenvalue weighted by Crippen LogP contribution is 2.33. The van der Waals surface area contributed by atoms with Gasteiger partial charge in [0.15, 0.2) is 0 Å². The van der Waals surface area contributed by atoms with Crippen LogP contribution < -0.4 is 10.6 Å². The van der Waals surface area contributed by atoms with Gasteiger partial charge >= 0.3 is 0 Å². The van der Waals surface area contributed by atoms with E-state index in [-0.39, 0.29) is 11.9 Å². The van der Waals surface area contributed by atoms with Crippen molar-refractivity contribution >= 4 is 5.91 Å². The molecule has 0 aromatic rings. The molecule has 0 radical (unpaired) electrons. The number of carbonyl (C=O) groups excluding carboxylic acids is 1. The molecule has 0 bridgehead atoms. The van der Waals surface area contributed by atoms with E-state index in [2.05, 4.69) is 24.5 Å². The minimum absolute atomic E-state index is 0.0684. The monoisotopic (exact) mass is 240 g/mol. The Hall–Kier alpha value is -0.570. The van der Waals surface area contributed by atoms with Crippen molar-refractivity contribution < 1.29 is 4.79 Å². The topological polar surface area (TPSA) is 41.1 Å². The predicted octanol–water partition coefficient (Wildman–Crippen LogP) is 2.46. The number of carbonyl (C=O) groups is 1. The summed E-state index contributed by atoms with van der Waals surface area (Å²) in [5.74, 6) is 0.121. The Kier molecular flexibility index (Phi) is 5.44. The third kappa shape index (κ3) is 5.07. The zero-order chi connectivity index (χ0) is 12.9. The summed E-state index contributed by atoms with van der Waals surface area (Å²) in [7, 11) is 0. The van der Waals surface area contributed by atoms with Crippen LogP contribution >= 0.6 is 0 Å². The number of rotatable bonds is 4. The molecule has 0 aromatic carbocycles. The van der Waals surface area contributed by atoms with Gasteiger partial charge in [-0.15, -0.1) is 0 Å². The molecular weight excluding hydrogens is 212 g/mol. The van der Waals surface area contributed by atoms with E-state index in [1.165, 1.54) is 32.1 Å². The number of nitrogens with one attached hydrogen (secondary N) is 2. The van der Waals surface area contributed by atoms with Gasteiger partial charge in [-0.2, -0.15) is 0 Å². The fourth-order valence-electron chi connectivity index (χ4n) is 2.58. The Bertz CT molecular complexity index is 251. The summed E-state index contributed by atoms with van der Waals surface area (Å²) in [6.45, 7) is 9.33.